The number of carbonyl (C=O) groups excluding carboxylic acids is 1. The van der Waals surface area contributed by atoms with Crippen molar-refractivity contribution in [1.82, 2.24) is 15.2 Å². The highest BCUT2D eigenvalue weighted by molar-refractivity contribution is 7.86. The topological polar surface area (TPSA) is 99.6 Å². The lowest BCUT2D eigenvalue weighted by Gasteiger charge is -2.32. The standard InChI is InChI=1S/C20H17N3O4S3/c1-23-18(24)20(22-19(23)28,16-11-29-12-21-16)17(30(25,26)27)15-9-5-8-14(10-15)13-6-3-2-4-7-13/h2-12,17H,1H3,(H,22,28)(H,25,26,27). The first kappa shape index (κ1) is 20.6. The fourth-order valence-corrected chi connectivity index (χ4v) is 5.79. The number of carbonyl (C=O) groups is 1. The molecule has 10 heteroatoms. The summed E-state index contributed by atoms with van der Waals surface area (Å²) in [6.07, 6.45) is 0. The van der Waals surface area contributed by atoms with E-state index in [0.29, 0.717) is 0 Å². The molecule has 2 unspecified atom stereocenters. The zero-order valence-electron chi connectivity index (χ0n) is 15.7. The molecule has 1 amide bonds. The van der Waals surface area contributed by atoms with E-state index in [1.807, 2.05) is 36.4 Å². The number of amides is 1. The van der Waals surface area contributed by atoms with Crippen molar-refractivity contribution in [2.75, 3.05) is 7.05 Å². The van der Waals surface area contributed by atoms with E-state index >= 15 is 0 Å². The molecule has 154 valence electrons. The molecule has 0 radical (unpaired) electrons. The van der Waals surface area contributed by atoms with Crippen molar-refractivity contribution in [3.8, 4) is 11.1 Å². The van der Waals surface area contributed by atoms with Gasteiger partial charge in [0.25, 0.3) is 16.0 Å². The van der Waals surface area contributed by atoms with Gasteiger partial charge in [0, 0.05) is 12.4 Å². The minimum atomic E-state index is -4.77. The summed E-state index contributed by atoms with van der Waals surface area (Å²) in [7, 11) is -3.32. The third-order valence-corrected chi connectivity index (χ3v) is 7.26. The van der Waals surface area contributed by atoms with Crippen molar-refractivity contribution >= 4 is 44.7 Å². The first-order chi connectivity index (χ1) is 14.2. The molecule has 2 heterocycles. The second-order valence-electron chi connectivity index (χ2n) is 6.86. The van der Waals surface area contributed by atoms with Crippen molar-refractivity contribution in [2.45, 2.75) is 10.8 Å². The summed E-state index contributed by atoms with van der Waals surface area (Å²) in [5.74, 6) is -0.605. The quantitative estimate of drug-likeness (QED) is 0.447. The first-order valence-electron chi connectivity index (χ1n) is 8.86. The van der Waals surface area contributed by atoms with Gasteiger partial charge in [-0.3, -0.25) is 14.2 Å². The van der Waals surface area contributed by atoms with E-state index in [0.717, 1.165) is 16.0 Å². The predicted octanol–water partition coefficient (Wildman–Crippen LogP) is 2.98. The van der Waals surface area contributed by atoms with Crippen LogP contribution in [0, 0.1) is 0 Å². The number of nitrogens with zero attached hydrogens (tertiary/aromatic N) is 2. The van der Waals surface area contributed by atoms with Gasteiger partial charge in [0.15, 0.2) is 10.7 Å². The maximum atomic E-state index is 13.3. The monoisotopic (exact) mass is 459 g/mol. The second-order valence-corrected chi connectivity index (χ2v) is 9.47. The number of aromatic nitrogens is 1. The fourth-order valence-electron chi connectivity index (χ4n) is 3.71. The van der Waals surface area contributed by atoms with Crippen molar-refractivity contribution in [1.29, 1.82) is 0 Å². The maximum absolute atomic E-state index is 13.3. The van der Waals surface area contributed by atoms with Crippen LogP contribution in [-0.2, 0) is 20.5 Å². The molecule has 4 rings (SSSR count). The Bertz CT molecular complexity index is 1210. The van der Waals surface area contributed by atoms with E-state index in [2.05, 4.69) is 10.3 Å². The van der Waals surface area contributed by atoms with Gasteiger partial charge in [0.2, 0.25) is 0 Å². The Labute approximate surface area is 183 Å². The number of thiazole rings is 1. The highest BCUT2D eigenvalue weighted by atomic mass is 32.2. The Balaban J connectivity index is 1.96. The fraction of sp³-hybridized carbons (Fsp3) is 0.150. The van der Waals surface area contributed by atoms with Gasteiger partial charge in [0.1, 0.15) is 5.25 Å². The van der Waals surface area contributed by atoms with Crippen molar-refractivity contribution < 1.29 is 17.8 Å². The molecule has 0 bridgehead atoms. The Morgan fingerprint density at radius 2 is 1.87 bits per heavy atom. The van der Waals surface area contributed by atoms with Gasteiger partial charge in [-0.25, -0.2) is 4.98 Å². The van der Waals surface area contributed by atoms with Crippen LogP contribution in [0.1, 0.15) is 16.5 Å². The van der Waals surface area contributed by atoms with Crippen LogP contribution in [0.15, 0.2) is 65.5 Å². The molecule has 1 aliphatic heterocycles. The lowest BCUT2D eigenvalue weighted by molar-refractivity contribution is -0.130. The minimum absolute atomic E-state index is 0.0564. The summed E-state index contributed by atoms with van der Waals surface area (Å²) in [4.78, 5) is 18.7. The molecule has 0 aliphatic carbocycles. The van der Waals surface area contributed by atoms with Crippen LogP contribution >= 0.6 is 23.6 Å². The van der Waals surface area contributed by atoms with Crippen LogP contribution in [0.3, 0.4) is 0 Å². The molecule has 0 saturated carbocycles. The van der Waals surface area contributed by atoms with E-state index in [9.17, 15) is 17.8 Å². The number of thiocarbonyl (C=S) groups is 1. The number of likely N-dealkylation sites (N-methyl/N-ethyl adjacent to an activating group) is 1. The molecule has 1 aromatic heterocycles. The molecule has 2 aromatic carbocycles. The lowest BCUT2D eigenvalue weighted by atomic mass is 9.86. The third-order valence-electron chi connectivity index (χ3n) is 5.07. The Morgan fingerprint density at radius 1 is 1.17 bits per heavy atom. The average molecular weight is 460 g/mol. The molecule has 1 fully saturated rings. The highest BCUT2D eigenvalue weighted by Crippen LogP contribution is 2.45. The molecular weight excluding hydrogens is 442 g/mol. The van der Waals surface area contributed by atoms with Crippen molar-refractivity contribution in [3.63, 3.8) is 0 Å². The van der Waals surface area contributed by atoms with Crippen LogP contribution in [0.4, 0.5) is 0 Å². The van der Waals surface area contributed by atoms with Gasteiger partial charge in [-0.2, -0.15) is 8.42 Å². The summed E-state index contributed by atoms with van der Waals surface area (Å²) >= 11 is 6.44. The molecule has 2 atom stereocenters. The van der Waals surface area contributed by atoms with Crippen LogP contribution in [-0.4, -0.2) is 40.9 Å². The molecule has 0 spiro atoms. The smallest absolute Gasteiger partial charge is 0.275 e. The molecule has 1 saturated heterocycles. The van der Waals surface area contributed by atoms with Crippen LogP contribution in [0.5, 0.6) is 0 Å². The van der Waals surface area contributed by atoms with Gasteiger partial charge in [-0.05, 0) is 35.0 Å². The Morgan fingerprint density at radius 3 is 2.43 bits per heavy atom. The van der Waals surface area contributed by atoms with Crippen molar-refractivity contribution in [3.05, 3.63) is 76.7 Å². The van der Waals surface area contributed by atoms with Crippen LogP contribution in [0.2, 0.25) is 0 Å². The minimum Gasteiger partial charge on any atom is -0.342 e. The normalized spacial score (nSPS) is 20.3. The first-order valence-corrected chi connectivity index (χ1v) is 11.7. The molecule has 7 nitrogen and oxygen atoms in total. The van der Waals surface area contributed by atoms with Gasteiger partial charge < -0.3 is 5.32 Å². The molecule has 2 N–H and O–H groups in total. The van der Waals surface area contributed by atoms with Crippen molar-refractivity contribution in [2.24, 2.45) is 0 Å². The predicted molar refractivity (Wildman–Crippen MR) is 118 cm³/mol. The number of rotatable bonds is 5. The average Bonchev–Trinajstić information content (AvgIpc) is 3.33. The highest BCUT2D eigenvalue weighted by Gasteiger charge is 2.60. The lowest BCUT2D eigenvalue weighted by Crippen LogP contribution is -2.51. The van der Waals surface area contributed by atoms with Gasteiger partial charge in [0.05, 0.1) is 11.2 Å². The maximum Gasteiger partial charge on any atom is 0.275 e. The Kier molecular flexibility index (Phi) is 5.18. The second kappa shape index (κ2) is 7.55. The van der Waals surface area contributed by atoms with E-state index in [1.54, 1.807) is 23.6 Å². The molecule has 3 aromatic rings. The summed E-state index contributed by atoms with van der Waals surface area (Å²) in [5.41, 5.74) is 1.65. The number of hydrogen-bond donors (Lipinski definition) is 2. The number of nitrogens with one attached hydrogen (secondary N) is 1. The van der Waals surface area contributed by atoms with Crippen LogP contribution < -0.4 is 5.32 Å². The largest absolute Gasteiger partial charge is 0.342 e. The van der Waals surface area contributed by atoms with E-state index in [-0.39, 0.29) is 16.4 Å². The zero-order chi connectivity index (χ0) is 21.5. The van der Waals surface area contributed by atoms with Gasteiger partial charge in [-0.1, -0.05) is 48.5 Å². The van der Waals surface area contributed by atoms with E-state index in [1.165, 1.54) is 23.9 Å². The molecular formula is C20H17N3O4S3. The Hall–Kier alpha value is -2.66. The van der Waals surface area contributed by atoms with E-state index in [4.69, 9.17) is 12.2 Å². The molecule has 30 heavy (non-hydrogen) atoms. The third kappa shape index (κ3) is 3.31. The van der Waals surface area contributed by atoms with Gasteiger partial charge in [-0.15, -0.1) is 11.3 Å². The summed E-state index contributed by atoms with van der Waals surface area (Å²) in [6, 6.07) is 16.1. The summed E-state index contributed by atoms with van der Waals surface area (Å²) in [6.45, 7) is 0. The van der Waals surface area contributed by atoms with Crippen LogP contribution in [0.25, 0.3) is 11.1 Å². The summed E-state index contributed by atoms with van der Waals surface area (Å²) in [5, 5.41) is 2.82. The number of hydrogen-bond acceptors (Lipinski definition) is 6. The van der Waals surface area contributed by atoms with Gasteiger partial charge >= 0.3 is 0 Å². The summed E-state index contributed by atoms with van der Waals surface area (Å²) < 4.78 is 35.7. The van der Waals surface area contributed by atoms with E-state index < -0.39 is 26.8 Å². The molecule has 1 aliphatic rings. The zero-order valence-corrected chi connectivity index (χ0v) is 18.2. The number of benzene rings is 2. The SMILES string of the molecule is CN1C(=O)C(c2cscn2)(C(c2cccc(-c3ccccc3)c2)S(=O)(=O)O)NC1=S.